The van der Waals surface area contributed by atoms with Crippen LogP contribution in [0.4, 0.5) is 17.1 Å². The Bertz CT molecular complexity index is 4370. The van der Waals surface area contributed by atoms with Crippen molar-refractivity contribution in [3.05, 3.63) is 253 Å². The molecule has 0 spiro atoms. The van der Waals surface area contributed by atoms with Crippen LogP contribution in [0.3, 0.4) is 0 Å². The minimum Gasteiger partial charge on any atom is -0.309 e. The molecule has 2 heteroatoms. The average molecular weight is 1060 g/mol. The van der Waals surface area contributed by atoms with Crippen molar-refractivity contribution in [3.63, 3.8) is 0 Å². The molecule has 0 atom stereocenters. The fourth-order valence-electron chi connectivity index (χ4n) is 12.5. The van der Waals surface area contributed by atoms with E-state index in [2.05, 4.69) is 323 Å². The van der Waals surface area contributed by atoms with Gasteiger partial charge in [-0.3, -0.25) is 0 Å². The molecule has 12 aromatic carbocycles. The molecule has 404 valence electrons. The zero-order chi connectivity index (χ0) is 57.0. The van der Waals surface area contributed by atoms with Crippen LogP contribution in [0.15, 0.2) is 231 Å². The number of rotatable bonds is 8. The van der Waals surface area contributed by atoms with Gasteiger partial charge in [-0.25, -0.2) is 0 Å². The van der Waals surface area contributed by atoms with E-state index in [1.54, 1.807) is 0 Å². The Balaban J connectivity index is 1.05. The molecule has 13 aromatic rings. The molecule has 13 rings (SSSR count). The molecule has 1 aromatic heterocycles. The summed E-state index contributed by atoms with van der Waals surface area (Å²) in [4.78, 5) is 2.48. The van der Waals surface area contributed by atoms with Crippen molar-refractivity contribution in [3.8, 4) is 50.2 Å². The number of aromatic nitrogens is 1. The van der Waals surface area contributed by atoms with E-state index in [0.29, 0.717) is 0 Å². The van der Waals surface area contributed by atoms with Gasteiger partial charge in [0.15, 0.2) is 0 Å². The van der Waals surface area contributed by atoms with Crippen molar-refractivity contribution in [1.29, 1.82) is 0 Å². The first kappa shape index (κ1) is 52.6. The van der Waals surface area contributed by atoms with Gasteiger partial charge in [0, 0.05) is 32.8 Å². The Hall–Kier alpha value is -8.72. The maximum absolute atomic E-state index is 2.56. The Morgan fingerprint density at radius 2 is 0.695 bits per heavy atom. The molecular formula is C80H74N2. The molecule has 82 heavy (non-hydrogen) atoms. The van der Waals surface area contributed by atoms with Crippen molar-refractivity contribution in [2.24, 2.45) is 0 Å². The highest BCUT2D eigenvalue weighted by molar-refractivity contribution is 6.28. The molecule has 1 heterocycles. The highest BCUT2D eigenvalue weighted by Crippen LogP contribution is 2.49. The van der Waals surface area contributed by atoms with Gasteiger partial charge in [-0.2, -0.15) is 0 Å². The van der Waals surface area contributed by atoms with Gasteiger partial charge in [0.05, 0.1) is 28.1 Å². The number of hydrogen-bond acceptors (Lipinski definition) is 1. The topological polar surface area (TPSA) is 8.17 Å². The summed E-state index contributed by atoms with van der Waals surface area (Å²) in [6.45, 7) is 28.0. The number of benzene rings is 12. The monoisotopic (exact) mass is 1060 g/mol. The molecule has 0 aliphatic carbocycles. The van der Waals surface area contributed by atoms with E-state index in [-0.39, 0.29) is 21.7 Å². The molecule has 0 bridgehead atoms. The summed E-state index contributed by atoms with van der Waals surface area (Å²) in [6, 6.07) is 87.3. The van der Waals surface area contributed by atoms with Gasteiger partial charge in [0.2, 0.25) is 0 Å². The molecule has 0 saturated carbocycles. The van der Waals surface area contributed by atoms with Crippen LogP contribution >= 0.6 is 0 Å². The van der Waals surface area contributed by atoms with Gasteiger partial charge in [-0.15, -0.1) is 0 Å². The van der Waals surface area contributed by atoms with E-state index >= 15 is 0 Å². The summed E-state index contributed by atoms with van der Waals surface area (Å²) in [5.41, 5.74) is 22.0. The Kier molecular flexibility index (Phi) is 12.5. The van der Waals surface area contributed by atoms with Gasteiger partial charge in [-0.1, -0.05) is 259 Å². The fourth-order valence-corrected chi connectivity index (χ4v) is 12.5. The first-order valence-electron chi connectivity index (χ1n) is 29.4. The molecular weight excluding hydrogens is 989 g/mol. The van der Waals surface area contributed by atoms with Crippen LogP contribution in [0.5, 0.6) is 0 Å². The van der Waals surface area contributed by atoms with Crippen LogP contribution in [-0.4, -0.2) is 4.57 Å². The van der Waals surface area contributed by atoms with E-state index in [1.165, 1.54) is 127 Å². The molecule has 0 fully saturated rings. The number of nitrogens with zero attached hydrogens (tertiary/aromatic N) is 2. The molecule has 0 unspecified atom stereocenters. The van der Waals surface area contributed by atoms with Gasteiger partial charge in [0.25, 0.3) is 0 Å². The normalized spacial score (nSPS) is 12.6. The maximum Gasteiger partial charge on any atom is 0.0541 e. The molecule has 0 aliphatic rings. The Labute approximate surface area is 485 Å². The molecule has 0 N–H and O–H groups in total. The molecule has 0 saturated heterocycles. The molecule has 0 aliphatic heterocycles. The quantitative estimate of drug-likeness (QED) is 0.138. The summed E-state index contributed by atoms with van der Waals surface area (Å²) < 4.78 is 2.56. The summed E-state index contributed by atoms with van der Waals surface area (Å²) in [6.07, 6.45) is 0. The number of hydrogen-bond donors (Lipinski definition) is 0. The second-order valence-electron chi connectivity index (χ2n) is 27.1. The van der Waals surface area contributed by atoms with Crippen LogP contribution in [0, 0.1) is 0 Å². The fraction of sp³-hybridized carbons (Fsp3) is 0.200. The Morgan fingerprint density at radius 1 is 0.280 bits per heavy atom. The first-order valence-corrected chi connectivity index (χ1v) is 29.4. The van der Waals surface area contributed by atoms with Gasteiger partial charge >= 0.3 is 0 Å². The summed E-state index contributed by atoms with van der Waals surface area (Å²) in [5, 5.41) is 9.91. The lowest BCUT2D eigenvalue weighted by Gasteiger charge is -2.30. The van der Waals surface area contributed by atoms with Gasteiger partial charge < -0.3 is 9.47 Å². The van der Waals surface area contributed by atoms with Crippen LogP contribution in [0.25, 0.3) is 104 Å². The van der Waals surface area contributed by atoms with E-state index in [0.717, 1.165) is 17.1 Å². The highest BCUT2D eigenvalue weighted by Gasteiger charge is 2.27. The predicted molar refractivity (Wildman–Crippen MR) is 356 cm³/mol. The van der Waals surface area contributed by atoms with Crippen molar-refractivity contribution in [2.45, 2.75) is 105 Å². The van der Waals surface area contributed by atoms with Crippen LogP contribution in [-0.2, 0) is 21.7 Å². The predicted octanol–water partition coefficient (Wildman–Crippen LogP) is 23.0. The zero-order valence-electron chi connectivity index (χ0n) is 49.8. The maximum atomic E-state index is 2.56. The second-order valence-corrected chi connectivity index (χ2v) is 27.1. The summed E-state index contributed by atoms with van der Waals surface area (Å²) >= 11 is 0. The lowest BCUT2D eigenvalue weighted by molar-refractivity contribution is 0.568. The number of para-hydroxylation sites is 1. The number of fused-ring (bicyclic) bond motifs is 3. The third-order valence-electron chi connectivity index (χ3n) is 17.3. The lowest BCUT2D eigenvalue weighted by Crippen LogP contribution is -2.16. The largest absolute Gasteiger partial charge is 0.309 e. The van der Waals surface area contributed by atoms with E-state index in [9.17, 15) is 0 Å². The summed E-state index contributed by atoms with van der Waals surface area (Å²) in [7, 11) is 0. The van der Waals surface area contributed by atoms with Crippen molar-refractivity contribution < 1.29 is 0 Å². The minimum atomic E-state index is -0.00655. The molecule has 2 nitrogen and oxygen atoms in total. The summed E-state index contributed by atoms with van der Waals surface area (Å²) in [5.74, 6) is 0. The van der Waals surface area contributed by atoms with Crippen molar-refractivity contribution in [1.82, 2.24) is 4.57 Å². The van der Waals surface area contributed by atoms with Crippen LogP contribution in [0.1, 0.15) is 105 Å². The van der Waals surface area contributed by atoms with Crippen molar-refractivity contribution in [2.75, 3.05) is 4.90 Å². The standard InChI is InChI=1S/C80H74N2/c1-77(2,3)60-43-58(44-61(49-60)78(4,5)6)56-33-41-73-68(47-56)69-48-57(59-45-62(79(7,8)9)50-63(46-59)80(10,11)12)34-42-74(69)82(73)72-40-32-55-29-37-66-71(39-31-54-30-38-67(72)76(55)75(54)66)81(64-35-27-52(28-36-64)51-21-15-13-16-22-51)70-26-20-19-25-65(70)53-23-17-14-18-24-53/h13-50H,1-12H3. The molecule has 0 radical (unpaired) electrons. The van der Waals surface area contributed by atoms with E-state index in [4.69, 9.17) is 0 Å². The smallest absolute Gasteiger partial charge is 0.0541 e. The van der Waals surface area contributed by atoms with E-state index < -0.39 is 0 Å². The van der Waals surface area contributed by atoms with Crippen LogP contribution < -0.4 is 4.90 Å². The minimum absolute atomic E-state index is 0.00655. The average Bonchev–Trinajstić information content (AvgIpc) is 1.77. The van der Waals surface area contributed by atoms with E-state index in [1.807, 2.05) is 0 Å². The van der Waals surface area contributed by atoms with Gasteiger partial charge in [0.1, 0.15) is 0 Å². The highest BCUT2D eigenvalue weighted by atomic mass is 15.1. The Morgan fingerprint density at radius 3 is 1.21 bits per heavy atom. The SMILES string of the molecule is CC(C)(C)c1cc(-c2ccc3c(c2)c2cc(-c4cc(C(C)(C)C)cc(C(C)(C)C)c4)ccc2n3-c2ccc3ccc4c(N(c5ccc(-c6ccccc6)cc5)c5ccccc5-c5ccccc5)ccc5ccc2c3c54)cc(C(C)(C)C)c1. The van der Waals surface area contributed by atoms with Crippen LogP contribution in [0.2, 0.25) is 0 Å². The van der Waals surface area contributed by atoms with Crippen molar-refractivity contribution >= 4 is 71.2 Å². The first-order chi connectivity index (χ1) is 39.2. The third-order valence-corrected chi connectivity index (χ3v) is 17.3. The lowest BCUT2D eigenvalue weighted by atomic mass is 9.78. The van der Waals surface area contributed by atoms with Gasteiger partial charge in [-0.05, 0) is 159 Å². The molecule has 0 amide bonds. The third kappa shape index (κ3) is 9.33. The zero-order valence-corrected chi connectivity index (χ0v) is 49.8. The second kappa shape index (κ2) is 19.5. The number of anilines is 3.